The molecule has 0 bridgehead atoms. The molecular weight excluding hydrogens is 238 g/mol. The maximum Gasteiger partial charge on any atom is 0.225 e. The van der Waals surface area contributed by atoms with E-state index in [1.54, 1.807) is 0 Å². The highest BCUT2D eigenvalue weighted by Crippen LogP contribution is 2.35. The van der Waals surface area contributed by atoms with Gasteiger partial charge in [-0.25, -0.2) is 0 Å². The molecule has 0 aromatic rings. The maximum atomic E-state index is 12.4. The second-order valence-electron chi connectivity index (χ2n) is 5.95. The van der Waals surface area contributed by atoms with Crippen LogP contribution in [0.25, 0.3) is 0 Å². The number of piperidine rings is 2. The van der Waals surface area contributed by atoms with Crippen molar-refractivity contribution in [1.82, 2.24) is 15.5 Å². The molecule has 0 aromatic carbocycles. The molecule has 3 aliphatic heterocycles. The quantitative estimate of drug-likeness (QED) is 0.751. The zero-order valence-electron chi connectivity index (χ0n) is 12.5. The number of likely N-dealkylation sites (tertiary alicyclic amines) is 1. The predicted octanol–water partition coefficient (Wildman–Crippen LogP) is 1.22. The van der Waals surface area contributed by atoms with Gasteiger partial charge in [0.25, 0.3) is 0 Å². The highest BCUT2D eigenvalue weighted by Gasteiger charge is 2.41. The minimum atomic E-state index is 0.296. The van der Waals surface area contributed by atoms with E-state index in [1.807, 2.05) is 13.8 Å². The van der Waals surface area contributed by atoms with E-state index in [4.69, 9.17) is 0 Å². The Bertz CT molecular complexity index is 286. The first kappa shape index (κ1) is 14.8. The molecule has 4 heteroatoms. The number of carbonyl (C=O) groups is 1. The fourth-order valence-electron chi connectivity index (χ4n) is 3.36. The van der Waals surface area contributed by atoms with Crippen LogP contribution in [0.1, 0.15) is 39.5 Å². The molecule has 2 N–H and O–H groups in total. The lowest BCUT2D eigenvalue weighted by Gasteiger charge is -2.48. The summed E-state index contributed by atoms with van der Waals surface area (Å²) in [4.78, 5) is 14.5. The van der Waals surface area contributed by atoms with Gasteiger partial charge < -0.3 is 15.5 Å². The molecule has 19 heavy (non-hydrogen) atoms. The average molecular weight is 267 g/mol. The van der Waals surface area contributed by atoms with E-state index in [0.717, 1.165) is 39.0 Å². The highest BCUT2D eigenvalue weighted by molar-refractivity contribution is 5.79. The molecule has 3 saturated heterocycles. The minimum absolute atomic E-state index is 0.296. The Morgan fingerprint density at radius 3 is 2.11 bits per heavy atom. The average Bonchev–Trinajstić information content (AvgIpc) is 2.48. The van der Waals surface area contributed by atoms with Crippen LogP contribution < -0.4 is 10.6 Å². The van der Waals surface area contributed by atoms with Crippen molar-refractivity contribution >= 4 is 5.91 Å². The van der Waals surface area contributed by atoms with Gasteiger partial charge in [0.15, 0.2) is 0 Å². The van der Waals surface area contributed by atoms with E-state index in [-0.39, 0.29) is 0 Å². The van der Waals surface area contributed by atoms with Crippen LogP contribution in [0.3, 0.4) is 0 Å². The summed E-state index contributed by atoms with van der Waals surface area (Å²) in [7, 11) is 0. The molecule has 3 heterocycles. The molecule has 4 nitrogen and oxygen atoms in total. The van der Waals surface area contributed by atoms with Crippen molar-refractivity contribution in [3.05, 3.63) is 0 Å². The Labute approximate surface area is 117 Å². The van der Waals surface area contributed by atoms with Gasteiger partial charge in [-0.2, -0.15) is 0 Å². The lowest BCUT2D eigenvalue weighted by atomic mass is 9.73. The number of hydrogen-bond donors (Lipinski definition) is 2. The summed E-state index contributed by atoms with van der Waals surface area (Å²) in [6, 6.07) is 0. The van der Waals surface area contributed by atoms with Gasteiger partial charge in [0.1, 0.15) is 0 Å². The normalized spacial score (nSPS) is 26.3. The minimum Gasteiger partial charge on any atom is -0.342 e. The van der Waals surface area contributed by atoms with Crippen molar-refractivity contribution in [3.8, 4) is 0 Å². The van der Waals surface area contributed by atoms with E-state index < -0.39 is 0 Å². The van der Waals surface area contributed by atoms with Gasteiger partial charge in [0, 0.05) is 32.1 Å². The summed E-state index contributed by atoms with van der Waals surface area (Å²) in [6.07, 6.45) is 4.47. The molecule has 0 aliphatic carbocycles. The van der Waals surface area contributed by atoms with Crippen LogP contribution in [0.4, 0.5) is 0 Å². The van der Waals surface area contributed by atoms with Crippen molar-refractivity contribution in [3.63, 3.8) is 0 Å². The van der Waals surface area contributed by atoms with Crippen molar-refractivity contribution in [2.75, 3.05) is 39.3 Å². The molecule has 3 fully saturated rings. The van der Waals surface area contributed by atoms with Crippen molar-refractivity contribution in [2.45, 2.75) is 39.5 Å². The lowest BCUT2D eigenvalue weighted by Crippen LogP contribution is -2.59. The zero-order chi connectivity index (χ0) is 13.7. The zero-order valence-corrected chi connectivity index (χ0v) is 12.5. The van der Waals surface area contributed by atoms with Crippen LogP contribution >= 0.6 is 0 Å². The topological polar surface area (TPSA) is 44.4 Å². The monoisotopic (exact) mass is 267 g/mol. The first-order chi connectivity index (χ1) is 9.29. The molecule has 0 aromatic heterocycles. The van der Waals surface area contributed by atoms with Crippen LogP contribution in [0.2, 0.25) is 0 Å². The van der Waals surface area contributed by atoms with E-state index in [0.29, 0.717) is 17.2 Å². The van der Waals surface area contributed by atoms with E-state index in [9.17, 15) is 4.79 Å². The molecule has 0 unspecified atom stereocenters. The Morgan fingerprint density at radius 1 is 1.05 bits per heavy atom. The van der Waals surface area contributed by atoms with Crippen LogP contribution in [-0.4, -0.2) is 50.1 Å². The number of nitrogens with one attached hydrogen (secondary N) is 2. The Hall–Kier alpha value is -0.610. The van der Waals surface area contributed by atoms with Crippen LogP contribution in [0.5, 0.6) is 0 Å². The summed E-state index contributed by atoms with van der Waals surface area (Å²) < 4.78 is 0. The van der Waals surface area contributed by atoms with Crippen LogP contribution in [0.15, 0.2) is 0 Å². The Balaban J connectivity index is 0.000000637. The summed E-state index contributed by atoms with van der Waals surface area (Å²) in [5, 5.41) is 6.69. The Kier molecular flexibility index (Phi) is 5.22. The lowest BCUT2D eigenvalue weighted by molar-refractivity contribution is -0.139. The SMILES string of the molecule is CC.O=C(C1CCNCC1)N1CCC2(CC1)CNC2. The summed E-state index contributed by atoms with van der Waals surface area (Å²) in [5.74, 6) is 0.721. The number of nitrogens with zero attached hydrogens (tertiary/aromatic N) is 1. The summed E-state index contributed by atoms with van der Waals surface area (Å²) in [5.41, 5.74) is 0.547. The molecule has 0 atom stereocenters. The number of amides is 1. The molecule has 0 saturated carbocycles. The van der Waals surface area contributed by atoms with Crippen LogP contribution in [0, 0.1) is 11.3 Å². The molecule has 1 spiro atoms. The van der Waals surface area contributed by atoms with Gasteiger partial charge in [-0.05, 0) is 44.2 Å². The summed E-state index contributed by atoms with van der Waals surface area (Å²) in [6.45, 7) is 10.3. The van der Waals surface area contributed by atoms with Gasteiger partial charge in [0.05, 0.1) is 0 Å². The molecule has 3 aliphatic rings. The third kappa shape index (κ3) is 3.29. The van der Waals surface area contributed by atoms with Crippen molar-refractivity contribution in [2.24, 2.45) is 11.3 Å². The molecule has 3 rings (SSSR count). The number of hydrogen-bond acceptors (Lipinski definition) is 3. The maximum absolute atomic E-state index is 12.4. The first-order valence-electron chi connectivity index (χ1n) is 7.99. The standard InChI is InChI=1S/C13H23N3O.C2H6/c17-12(11-1-5-14-6-2-11)16-7-3-13(4-8-16)9-15-10-13;1-2/h11,14-15H,1-10H2;1-2H3. The smallest absolute Gasteiger partial charge is 0.225 e. The molecule has 0 radical (unpaired) electrons. The highest BCUT2D eigenvalue weighted by atomic mass is 16.2. The van der Waals surface area contributed by atoms with Gasteiger partial charge in [0.2, 0.25) is 5.91 Å². The molecular formula is C15H29N3O. The third-order valence-corrected chi connectivity index (χ3v) is 4.82. The second kappa shape index (κ2) is 6.71. The fourth-order valence-corrected chi connectivity index (χ4v) is 3.36. The van der Waals surface area contributed by atoms with E-state index in [2.05, 4.69) is 15.5 Å². The molecule has 110 valence electrons. The van der Waals surface area contributed by atoms with Crippen molar-refractivity contribution in [1.29, 1.82) is 0 Å². The number of carbonyl (C=O) groups excluding carboxylic acids is 1. The van der Waals surface area contributed by atoms with E-state index in [1.165, 1.54) is 25.9 Å². The predicted molar refractivity (Wildman–Crippen MR) is 78.1 cm³/mol. The third-order valence-electron chi connectivity index (χ3n) is 4.82. The molecule has 1 amide bonds. The van der Waals surface area contributed by atoms with Crippen LogP contribution in [-0.2, 0) is 4.79 Å². The van der Waals surface area contributed by atoms with Gasteiger partial charge >= 0.3 is 0 Å². The fraction of sp³-hybridized carbons (Fsp3) is 0.933. The largest absolute Gasteiger partial charge is 0.342 e. The van der Waals surface area contributed by atoms with E-state index >= 15 is 0 Å². The Morgan fingerprint density at radius 2 is 1.63 bits per heavy atom. The first-order valence-corrected chi connectivity index (χ1v) is 7.99. The van der Waals surface area contributed by atoms with Gasteiger partial charge in [-0.15, -0.1) is 0 Å². The van der Waals surface area contributed by atoms with Gasteiger partial charge in [-0.3, -0.25) is 4.79 Å². The second-order valence-corrected chi connectivity index (χ2v) is 5.95. The summed E-state index contributed by atoms with van der Waals surface area (Å²) >= 11 is 0. The van der Waals surface area contributed by atoms with Gasteiger partial charge in [-0.1, -0.05) is 13.8 Å². The number of rotatable bonds is 1. The van der Waals surface area contributed by atoms with Crippen molar-refractivity contribution < 1.29 is 4.79 Å².